The van der Waals surface area contributed by atoms with Crippen molar-refractivity contribution in [2.75, 3.05) is 11.9 Å². The van der Waals surface area contributed by atoms with E-state index in [1.165, 1.54) is 0 Å². The monoisotopic (exact) mass is 291 g/mol. The fraction of sp³-hybridized carbons (Fsp3) is 0.533. The predicted octanol–water partition coefficient (Wildman–Crippen LogP) is 1.85. The molecule has 114 valence electrons. The lowest BCUT2D eigenvalue weighted by Crippen LogP contribution is -2.35. The summed E-state index contributed by atoms with van der Waals surface area (Å²) in [4.78, 5) is 27.4. The van der Waals surface area contributed by atoms with E-state index in [2.05, 4.69) is 10.3 Å². The number of rotatable bonds is 5. The Kier molecular flexibility index (Phi) is 4.16. The highest BCUT2D eigenvalue weighted by molar-refractivity contribution is 5.99. The van der Waals surface area contributed by atoms with Gasteiger partial charge >= 0.3 is 5.97 Å². The molecule has 0 saturated heterocycles. The maximum atomic E-state index is 11.6. The first-order chi connectivity index (χ1) is 9.85. The second kappa shape index (κ2) is 5.71. The topological polar surface area (TPSA) is 105 Å². The van der Waals surface area contributed by atoms with Gasteiger partial charge < -0.3 is 16.2 Å². The number of carbonyl (C=O) groups excluding carboxylic acids is 1. The highest BCUT2D eigenvalue weighted by Crippen LogP contribution is 2.38. The number of carboxylic acids is 1. The summed E-state index contributed by atoms with van der Waals surface area (Å²) in [5.74, 6) is -1.34. The van der Waals surface area contributed by atoms with E-state index in [4.69, 9.17) is 5.73 Å². The standard InChI is InChI=1S/C15H21N3O3/c1-9-7-11(12(13(16)19)10(2)18-9)17-8-15(14(20)21)5-3-4-6-15/h7H,3-6,8H2,1-2H3,(H2,16,19)(H,17,18)(H,20,21). The minimum absolute atomic E-state index is 0.297. The summed E-state index contributed by atoms with van der Waals surface area (Å²) in [7, 11) is 0. The number of nitrogens with two attached hydrogens (primary N) is 1. The van der Waals surface area contributed by atoms with Crippen LogP contribution in [0.25, 0.3) is 0 Å². The van der Waals surface area contributed by atoms with Crippen LogP contribution in [0.3, 0.4) is 0 Å². The molecule has 0 aliphatic heterocycles. The maximum Gasteiger partial charge on any atom is 0.311 e. The Labute approximate surface area is 123 Å². The quantitative estimate of drug-likeness (QED) is 0.767. The molecule has 2 rings (SSSR count). The number of aryl methyl sites for hydroxylation is 2. The Bertz CT molecular complexity index is 578. The number of amides is 1. The van der Waals surface area contributed by atoms with E-state index in [0.717, 1.165) is 18.5 Å². The van der Waals surface area contributed by atoms with Crippen molar-refractivity contribution in [3.63, 3.8) is 0 Å². The third-order valence-corrected chi connectivity index (χ3v) is 4.21. The highest BCUT2D eigenvalue weighted by Gasteiger charge is 2.41. The van der Waals surface area contributed by atoms with Gasteiger partial charge in [-0.15, -0.1) is 0 Å². The SMILES string of the molecule is Cc1cc(NCC2(C(=O)O)CCCC2)c(C(N)=O)c(C)n1. The first-order valence-corrected chi connectivity index (χ1v) is 7.11. The summed E-state index contributed by atoms with van der Waals surface area (Å²) < 4.78 is 0. The summed E-state index contributed by atoms with van der Waals surface area (Å²) >= 11 is 0. The van der Waals surface area contributed by atoms with E-state index in [-0.39, 0.29) is 0 Å². The van der Waals surface area contributed by atoms with Crippen molar-refractivity contribution in [2.24, 2.45) is 11.1 Å². The molecule has 4 N–H and O–H groups in total. The molecular weight excluding hydrogens is 270 g/mol. The number of pyridine rings is 1. The van der Waals surface area contributed by atoms with Crippen molar-refractivity contribution in [3.8, 4) is 0 Å². The van der Waals surface area contributed by atoms with E-state index in [1.54, 1.807) is 13.0 Å². The van der Waals surface area contributed by atoms with Gasteiger partial charge in [0.1, 0.15) is 0 Å². The third kappa shape index (κ3) is 2.99. The Morgan fingerprint density at radius 2 is 2.00 bits per heavy atom. The summed E-state index contributed by atoms with van der Waals surface area (Å²) in [6.45, 7) is 3.85. The molecule has 1 saturated carbocycles. The van der Waals surface area contributed by atoms with Gasteiger partial charge in [0.25, 0.3) is 5.91 Å². The number of carbonyl (C=O) groups is 2. The molecule has 1 aliphatic carbocycles. The molecule has 0 aromatic carbocycles. The lowest BCUT2D eigenvalue weighted by molar-refractivity contribution is -0.147. The molecule has 1 fully saturated rings. The van der Waals surface area contributed by atoms with Crippen molar-refractivity contribution < 1.29 is 14.7 Å². The minimum atomic E-state index is -0.782. The number of anilines is 1. The Morgan fingerprint density at radius 3 is 2.52 bits per heavy atom. The zero-order valence-electron chi connectivity index (χ0n) is 12.4. The van der Waals surface area contributed by atoms with Crippen LogP contribution in [0.15, 0.2) is 6.07 Å². The van der Waals surface area contributed by atoms with Gasteiger partial charge in [-0.05, 0) is 32.8 Å². The van der Waals surface area contributed by atoms with E-state index in [0.29, 0.717) is 36.3 Å². The summed E-state index contributed by atoms with van der Waals surface area (Å²) in [6, 6.07) is 1.73. The lowest BCUT2D eigenvalue weighted by atomic mass is 9.86. The maximum absolute atomic E-state index is 11.6. The van der Waals surface area contributed by atoms with Crippen LogP contribution in [0.5, 0.6) is 0 Å². The van der Waals surface area contributed by atoms with Crippen molar-refractivity contribution in [1.29, 1.82) is 0 Å². The molecule has 0 atom stereocenters. The van der Waals surface area contributed by atoms with E-state index >= 15 is 0 Å². The third-order valence-electron chi connectivity index (χ3n) is 4.21. The molecule has 0 radical (unpaired) electrons. The van der Waals surface area contributed by atoms with Gasteiger partial charge in [-0.2, -0.15) is 0 Å². The van der Waals surface area contributed by atoms with Gasteiger partial charge in [-0.3, -0.25) is 14.6 Å². The van der Waals surface area contributed by atoms with E-state index < -0.39 is 17.3 Å². The summed E-state index contributed by atoms with van der Waals surface area (Å²) in [6.07, 6.45) is 3.16. The summed E-state index contributed by atoms with van der Waals surface area (Å²) in [5.41, 5.74) is 6.87. The number of aliphatic carboxylic acids is 1. The normalized spacial score (nSPS) is 16.7. The van der Waals surface area contributed by atoms with E-state index in [1.807, 2.05) is 6.92 Å². The number of primary amides is 1. The summed E-state index contributed by atoms with van der Waals surface area (Å²) in [5, 5.41) is 12.6. The number of nitrogens with one attached hydrogen (secondary N) is 1. The number of hydrogen-bond acceptors (Lipinski definition) is 4. The molecule has 1 aromatic rings. The number of nitrogens with zero attached hydrogens (tertiary/aromatic N) is 1. The number of aromatic nitrogens is 1. The van der Waals surface area contributed by atoms with Crippen LogP contribution < -0.4 is 11.1 Å². The molecule has 21 heavy (non-hydrogen) atoms. The Hall–Kier alpha value is -2.11. The molecule has 0 spiro atoms. The van der Waals surface area contributed by atoms with Gasteiger partial charge in [-0.1, -0.05) is 12.8 Å². The van der Waals surface area contributed by atoms with Crippen LogP contribution >= 0.6 is 0 Å². The first-order valence-electron chi connectivity index (χ1n) is 7.11. The van der Waals surface area contributed by atoms with Crippen molar-refractivity contribution in [1.82, 2.24) is 4.98 Å². The van der Waals surface area contributed by atoms with Gasteiger partial charge in [-0.25, -0.2) is 0 Å². The molecule has 0 unspecified atom stereocenters. The fourth-order valence-electron chi connectivity index (χ4n) is 3.06. The number of carboxylic acid groups (broad SMARTS) is 1. The first kappa shape index (κ1) is 15.3. The second-order valence-corrected chi connectivity index (χ2v) is 5.78. The van der Waals surface area contributed by atoms with E-state index in [9.17, 15) is 14.7 Å². The molecule has 1 aliphatic rings. The van der Waals surface area contributed by atoms with Gasteiger partial charge in [0.05, 0.1) is 22.4 Å². The van der Waals surface area contributed by atoms with Crippen LogP contribution in [0.2, 0.25) is 0 Å². The van der Waals surface area contributed by atoms with Crippen LogP contribution in [0.1, 0.15) is 47.4 Å². The smallest absolute Gasteiger partial charge is 0.311 e. The molecule has 6 heteroatoms. The predicted molar refractivity (Wildman–Crippen MR) is 79.3 cm³/mol. The molecule has 1 aromatic heterocycles. The highest BCUT2D eigenvalue weighted by atomic mass is 16.4. The Morgan fingerprint density at radius 1 is 1.38 bits per heavy atom. The van der Waals surface area contributed by atoms with Crippen molar-refractivity contribution in [2.45, 2.75) is 39.5 Å². The Balaban J connectivity index is 2.27. The molecule has 0 bridgehead atoms. The average molecular weight is 291 g/mol. The second-order valence-electron chi connectivity index (χ2n) is 5.78. The van der Waals surface area contributed by atoms with Crippen LogP contribution in [-0.2, 0) is 4.79 Å². The van der Waals surface area contributed by atoms with Gasteiger partial charge in [0, 0.05) is 12.2 Å². The van der Waals surface area contributed by atoms with Crippen LogP contribution in [0, 0.1) is 19.3 Å². The van der Waals surface area contributed by atoms with Crippen molar-refractivity contribution >= 4 is 17.6 Å². The van der Waals surface area contributed by atoms with Crippen LogP contribution in [0.4, 0.5) is 5.69 Å². The molecule has 6 nitrogen and oxygen atoms in total. The van der Waals surface area contributed by atoms with Gasteiger partial charge in [0.15, 0.2) is 0 Å². The van der Waals surface area contributed by atoms with Crippen LogP contribution in [-0.4, -0.2) is 28.5 Å². The lowest BCUT2D eigenvalue weighted by Gasteiger charge is -2.25. The fourth-order valence-corrected chi connectivity index (χ4v) is 3.06. The molecule has 1 heterocycles. The van der Waals surface area contributed by atoms with Gasteiger partial charge in [0.2, 0.25) is 0 Å². The molecular formula is C15H21N3O3. The number of hydrogen-bond donors (Lipinski definition) is 3. The molecule has 1 amide bonds. The minimum Gasteiger partial charge on any atom is -0.481 e. The zero-order chi connectivity index (χ0) is 15.6. The average Bonchev–Trinajstić information content (AvgIpc) is 2.85. The largest absolute Gasteiger partial charge is 0.481 e. The van der Waals surface area contributed by atoms with Crippen molar-refractivity contribution in [3.05, 3.63) is 23.0 Å². The zero-order valence-corrected chi connectivity index (χ0v) is 12.4.